The van der Waals surface area contributed by atoms with Crippen LogP contribution >= 0.6 is 11.6 Å². The van der Waals surface area contributed by atoms with Gasteiger partial charge in [0.15, 0.2) is 0 Å². The van der Waals surface area contributed by atoms with Crippen LogP contribution in [0.4, 0.5) is 5.82 Å². The van der Waals surface area contributed by atoms with Crippen LogP contribution in [0.25, 0.3) is 22.2 Å². The van der Waals surface area contributed by atoms with Crippen molar-refractivity contribution in [3.63, 3.8) is 0 Å². The molecule has 2 aromatic heterocycles. The fraction of sp³-hybridized carbons (Fsp3) is 0.278. The lowest BCUT2D eigenvalue weighted by Gasteiger charge is -2.12. The Hall–Kier alpha value is -2.60. The van der Waals surface area contributed by atoms with Gasteiger partial charge in [-0.15, -0.1) is 0 Å². The third-order valence-corrected chi connectivity index (χ3v) is 4.54. The molecule has 3 aromatic rings. The van der Waals surface area contributed by atoms with Crippen molar-refractivity contribution in [1.82, 2.24) is 14.5 Å². The van der Waals surface area contributed by atoms with Gasteiger partial charge >= 0.3 is 5.97 Å². The van der Waals surface area contributed by atoms with Gasteiger partial charge in [-0.05, 0) is 24.0 Å². The predicted molar refractivity (Wildman–Crippen MR) is 98.9 cm³/mol. The van der Waals surface area contributed by atoms with Crippen LogP contribution in [0.15, 0.2) is 24.7 Å². The third kappa shape index (κ3) is 2.93. The second-order valence-corrected chi connectivity index (χ2v) is 6.84. The molecule has 6 nitrogen and oxygen atoms in total. The predicted octanol–water partition coefficient (Wildman–Crippen LogP) is 3.77. The molecule has 1 aromatic carbocycles. The molecule has 0 saturated heterocycles. The third-order valence-electron chi connectivity index (χ3n) is 4.16. The van der Waals surface area contributed by atoms with Crippen LogP contribution in [-0.2, 0) is 13.5 Å². The van der Waals surface area contributed by atoms with Gasteiger partial charge in [-0.3, -0.25) is 0 Å². The van der Waals surface area contributed by atoms with Crippen LogP contribution in [0.3, 0.4) is 0 Å². The summed E-state index contributed by atoms with van der Waals surface area (Å²) < 4.78 is 1.92. The summed E-state index contributed by atoms with van der Waals surface area (Å²) in [6.45, 7) is 4.13. The zero-order chi connectivity index (χ0) is 18.3. The first kappa shape index (κ1) is 17.2. The topological polar surface area (TPSA) is 94.0 Å². The van der Waals surface area contributed by atoms with Gasteiger partial charge in [0.05, 0.1) is 16.8 Å². The van der Waals surface area contributed by atoms with E-state index in [9.17, 15) is 9.90 Å². The fourth-order valence-corrected chi connectivity index (χ4v) is 3.36. The summed E-state index contributed by atoms with van der Waals surface area (Å²) in [6, 6.07) is 3.44. The molecule has 25 heavy (non-hydrogen) atoms. The first-order valence-corrected chi connectivity index (χ1v) is 8.29. The van der Waals surface area contributed by atoms with Crippen molar-refractivity contribution in [1.29, 1.82) is 0 Å². The van der Waals surface area contributed by atoms with E-state index in [2.05, 4.69) is 23.8 Å². The number of hydrogen-bond donors (Lipinski definition) is 2. The summed E-state index contributed by atoms with van der Waals surface area (Å²) in [5, 5.41) is 10.8. The van der Waals surface area contributed by atoms with Crippen molar-refractivity contribution in [2.75, 3.05) is 5.73 Å². The number of carbonyl (C=O) groups is 1. The number of aromatic nitrogens is 3. The van der Waals surface area contributed by atoms with E-state index in [1.807, 2.05) is 17.8 Å². The first-order valence-electron chi connectivity index (χ1n) is 7.91. The number of carboxylic acids is 1. The lowest BCUT2D eigenvalue weighted by molar-refractivity contribution is 0.0695. The molecule has 130 valence electrons. The van der Waals surface area contributed by atoms with E-state index in [-0.39, 0.29) is 5.82 Å². The number of aryl methyl sites for hydroxylation is 1. The van der Waals surface area contributed by atoms with Crippen LogP contribution < -0.4 is 5.73 Å². The number of rotatable bonds is 4. The molecule has 0 atom stereocenters. The fourth-order valence-electron chi connectivity index (χ4n) is 3.16. The highest BCUT2D eigenvalue weighted by Crippen LogP contribution is 2.37. The summed E-state index contributed by atoms with van der Waals surface area (Å²) >= 11 is 6.29. The number of aromatic carboxylic acids is 1. The molecule has 0 fully saturated rings. The highest BCUT2D eigenvalue weighted by molar-refractivity contribution is 6.35. The molecule has 0 bridgehead atoms. The maximum atomic E-state index is 11.7. The molecule has 2 heterocycles. The largest absolute Gasteiger partial charge is 0.478 e. The number of halogens is 1. The van der Waals surface area contributed by atoms with Crippen LogP contribution in [0.1, 0.15) is 29.8 Å². The number of hydrogen-bond acceptors (Lipinski definition) is 4. The Labute approximate surface area is 150 Å². The molecule has 0 radical (unpaired) electrons. The average molecular weight is 359 g/mol. The molecular formula is C18H19ClN4O2. The Morgan fingerprint density at radius 3 is 2.72 bits per heavy atom. The maximum absolute atomic E-state index is 11.7. The monoisotopic (exact) mass is 358 g/mol. The van der Waals surface area contributed by atoms with E-state index in [1.165, 1.54) is 6.33 Å². The molecule has 0 aliphatic carbocycles. The number of nitrogen functional groups attached to an aromatic ring is 1. The van der Waals surface area contributed by atoms with Crippen molar-refractivity contribution < 1.29 is 9.90 Å². The van der Waals surface area contributed by atoms with Gasteiger partial charge in [-0.2, -0.15) is 0 Å². The van der Waals surface area contributed by atoms with Crippen molar-refractivity contribution >= 4 is 34.3 Å². The highest BCUT2D eigenvalue weighted by atomic mass is 35.5. The molecule has 0 spiro atoms. The van der Waals surface area contributed by atoms with Gasteiger partial charge in [0.1, 0.15) is 17.2 Å². The summed E-state index contributed by atoms with van der Waals surface area (Å²) in [6.07, 6.45) is 3.93. The van der Waals surface area contributed by atoms with Gasteiger partial charge in [0.2, 0.25) is 0 Å². The van der Waals surface area contributed by atoms with Crippen molar-refractivity contribution in [2.45, 2.75) is 20.3 Å². The molecule has 0 aliphatic heterocycles. The first-order chi connectivity index (χ1) is 11.8. The number of nitrogens with two attached hydrogens (primary N) is 1. The van der Waals surface area contributed by atoms with Gasteiger partial charge in [-0.1, -0.05) is 31.5 Å². The van der Waals surface area contributed by atoms with Crippen molar-refractivity contribution in [2.24, 2.45) is 13.0 Å². The smallest absolute Gasteiger partial charge is 0.336 e. The van der Waals surface area contributed by atoms with Crippen LogP contribution in [0.5, 0.6) is 0 Å². The number of fused-ring (bicyclic) bond motifs is 1. The number of nitrogens with zero attached hydrogens (tertiary/aromatic N) is 3. The van der Waals surface area contributed by atoms with E-state index in [1.54, 1.807) is 12.1 Å². The van der Waals surface area contributed by atoms with Gasteiger partial charge < -0.3 is 15.4 Å². The zero-order valence-electron chi connectivity index (χ0n) is 14.2. The molecule has 0 amide bonds. The summed E-state index contributed by atoms with van der Waals surface area (Å²) in [5.41, 5.74) is 9.15. The normalized spacial score (nSPS) is 11.4. The number of anilines is 1. The minimum Gasteiger partial charge on any atom is -0.478 e. The van der Waals surface area contributed by atoms with Crippen LogP contribution in [0.2, 0.25) is 5.02 Å². The van der Waals surface area contributed by atoms with E-state index in [0.29, 0.717) is 28.6 Å². The van der Waals surface area contributed by atoms with E-state index in [4.69, 9.17) is 17.3 Å². The quantitative estimate of drug-likeness (QED) is 0.740. The Morgan fingerprint density at radius 1 is 1.36 bits per heavy atom. The molecule has 7 heteroatoms. The van der Waals surface area contributed by atoms with E-state index in [0.717, 1.165) is 22.0 Å². The molecule has 0 unspecified atom stereocenters. The zero-order valence-corrected chi connectivity index (χ0v) is 15.0. The number of benzene rings is 1. The minimum atomic E-state index is -0.926. The Kier molecular flexibility index (Phi) is 4.39. The minimum absolute atomic E-state index is 0.216. The van der Waals surface area contributed by atoms with Crippen LogP contribution in [-0.4, -0.2) is 25.6 Å². The van der Waals surface area contributed by atoms with Crippen LogP contribution in [0, 0.1) is 5.92 Å². The second kappa shape index (κ2) is 6.37. The molecule has 0 aliphatic rings. The number of carboxylic acid groups (broad SMARTS) is 1. The van der Waals surface area contributed by atoms with E-state index < -0.39 is 5.97 Å². The molecular weight excluding hydrogens is 340 g/mol. The Morgan fingerprint density at radius 2 is 2.08 bits per heavy atom. The summed E-state index contributed by atoms with van der Waals surface area (Å²) in [5.74, 6) is -0.391. The maximum Gasteiger partial charge on any atom is 0.336 e. The molecule has 0 saturated carbocycles. The molecule has 3 N–H and O–H groups in total. The lowest BCUT2D eigenvalue weighted by atomic mass is 9.94. The second-order valence-electron chi connectivity index (χ2n) is 6.47. The molecule has 3 rings (SSSR count). The Balaban J connectivity index is 2.35. The van der Waals surface area contributed by atoms with Crippen molar-refractivity contribution in [3.05, 3.63) is 40.8 Å². The van der Waals surface area contributed by atoms with E-state index >= 15 is 0 Å². The van der Waals surface area contributed by atoms with Gasteiger partial charge in [0, 0.05) is 24.2 Å². The summed E-state index contributed by atoms with van der Waals surface area (Å²) in [7, 11) is 1.89. The Bertz CT molecular complexity index is 979. The summed E-state index contributed by atoms with van der Waals surface area (Å²) in [4.78, 5) is 19.8. The van der Waals surface area contributed by atoms with Crippen molar-refractivity contribution in [3.8, 4) is 11.3 Å². The highest BCUT2D eigenvalue weighted by Gasteiger charge is 2.21. The van der Waals surface area contributed by atoms with Gasteiger partial charge in [0.25, 0.3) is 0 Å². The van der Waals surface area contributed by atoms with Gasteiger partial charge in [-0.25, -0.2) is 14.8 Å². The lowest BCUT2D eigenvalue weighted by Crippen LogP contribution is -2.07. The SMILES string of the molecule is CC(C)Cc1c(C(=O)O)ccc2c(-c3ncnc(N)c3Cl)cn(C)c12. The standard InChI is InChI=1S/C18H19ClN4O2/c1-9(2)6-12-11(18(24)25)5-4-10-13(7-23(3)16(10)12)15-14(19)17(20)22-8-21-15/h4-5,7-9H,6H2,1-3H3,(H,24,25)(H2,20,21,22). The average Bonchev–Trinajstić information content (AvgIpc) is 2.87.